The van der Waals surface area contributed by atoms with E-state index in [1.54, 1.807) is 4.80 Å². The third kappa shape index (κ3) is 1.53. The van der Waals surface area contributed by atoms with E-state index in [0.29, 0.717) is 5.92 Å². The Morgan fingerprint density at radius 2 is 1.79 bits per heavy atom. The van der Waals surface area contributed by atoms with Gasteiger partial charge in [0.2, 0.25) is 0 Å². The summed E-state index contributed by atoms with van der Waals surface area (Å²) in [5, 5.41) is 8.63. The fraction of sp³-hybridized carbons (Fsp3) is 0.273. The molecule has 1 aromatic heterocycles. The molecule has 0 N–H and O–H groups in total. The largest absolute Gasteiger partial charge is 0.156 e. The van der Waals surface area contributed by atoms with Gasteiger partial charge in [0.25, 0.3) is 0 Å². The van der Waals surface area contributed by atoms with Crippen LogP contribution in [0.25, 0.3) is 17.8 Å². The summed E-state index contributed by atoms with van der Waals surface area (Å²) in [6.45, 7) is 7.81. The summed E-state index contributed by atoms with van der Waals surface area (Å²) >= 11 is 0. The Morgan fingerprint density at radius 3 is 2.21 bits per heavy atom. The molecular formula is C11H13N3. The van der Waals surface area contributed by atoms with Gasteiger partial charge in [-0.05, 0) is 25.0 Å². The highest BCUT2D eigenvalue weighted by molar-refractivity contribution is 5.62. The SMILES string of the molecule is C=C(C)n1nc2c(n1)C=CC(C)C=C2. The molecule has 0 aromatic carbocycles. The van der Waals surface area contributed by atoms with E-state index in [1.807, 2.05) is 19.1 Å². The van der Waals surface area contributed by atoms with Gasteiger partial charge in [-0.3, -0.25) is 0 Å². The smallest absolute Gasteiger partial charge is 0.113 e. The van der Waals surface area contributed by atoms with Gasteiger partial charge in [-0.2, -0.15) is 4.80 Å². The van der Waals surface area contributed by atoms with Gasteiger partial charge >= 0.3 is 0 Å². The molecule has 1 aliphatic carbocycles. The minimum Gasteiger partial charge on any atom is -0.156 e. The lowest BCUT2D eigenvalue weighted by atomic mass is 10.2. The molecule has 1 heterocycles. The first kappa shape index (κ1) is 8.94. The summed E-state index contributed by atoms with van der Waals surface area (Å²) in [5.74, 6) is 0.448. The molecule has 2 rings (SSSR count). The van der Waals surface area contributed by atoms with E-state index in [1.165, 1.54) is 0 Å². The van der Waals surface area contributed by atoms with E-state index in [0.717, 1.165) is 17.1 Å². The normalized spacial score (nSPS) is 15.3. The quantitative estimate of drug-likeness (QED) is 0.676. The van der Waals surface area contributed by atoms with Crippen molar-refractivity contribution in [3.05, 3.63) is 30.1 Å². The molecule has 72 valence electrons. The predicted octanol–water partition coefficient (Wildman–Crippen LogP) is 2.44. The topological polar surface area (TPSA) is 30.7 Å². The van der Waals surface area contributed by atoms with Gasteiger partial charge in [-0.25, -0.2) is 0 Å². The minimum absolute atomic E-state index is 0.448. The molecule has 0 amide bonds. The van der Waals surface area contributed by atoms with Crippen LogP contribution in [-0.2, 0) is 0 Å². The van der Waals surface area contributed by atoms with Crippen LogP contribution in [0.4, 0.5) is 0 Å². The molecule has 0 radical (unpaired) electrons. The molecule has 3 nitrogen and oxygen atoms in total. The first-order chi connectivity index (χ1) is 6.66. The zero-order valence-electron chi connectivity index (χ0n) is 8.44. The van der Waals surface area contributed by atoms with Crippen molar-refractivity contribution in [1.82, 2.24) is 15.0 Å². The first-order valence-corrected chi connectivity index (χ1v) is 4.66. The second-order valence-electron chi connectivity index (χ2n) is 3.57. The van der Waals surface area contributed by atoms with Crippen LogP contribution in [0.2, 0.25) is 0 Å². The van der Waals surface area contributed by atoms with Crippen LogP contribution < -0.4 is 0 Å². The van der Waals surface area contributed by atoms with E-state index in [2.05, 4.69) is 35.9 Å². The van der Waals surface area contributed by atoms with Crippen molar-refractivity contribution >= 4 is 17.8 Å². The lowest BCUT2D eigenvalue weighted by molar-refractivity contribution is 0.763. The highest BCUT2D eigenvalue weighted by atomic mass is 15.5. The van der Waals surface area contributed by atoms with Crippen LogP contribution in [0.1, 0.15) is 25.2 Å². The van der Waals surface area contributed by atoms with Crippen LogP contribution in [0.3, 0.4) is 0 Å². The van der Waals surface area contributed by atoms with Crippen LogP contribution >= 0.6 is 0 Å². The highest BCUT2D eigenvalue weighted by Gasteiger charge is 2.08. The third-order valence-corrected chi connectivity index (χ3v) is 2.12. The highest BCUT2D eigenvalue weighted by Crippen LogP contribution is 2.16. The van der Waals surface area contributed by atoms with E-state index in [-0.39, 0.29) is 0 Å². The Morgan fingerprint density at radius 1 is 1.29 bits per heavy atom. The number of allylic oxidation sites excluding steroid dienone is 3. The van der Waals surface area contributed by atoms with Gasteiger partial charge in [-0.15, -0.1) is 10.2 Å². The standard InChI is InChI=1S/C11H13N3/c1-8(2)14-12-10-6-4-9(3)5-7-11(10)13-14/h4-7,9H,1H2,2-3H3. The Labute approximate surface area is 83.4 Å². The minimum atomic E-state index is 0.448. The van der Waals surface area contributed by atoms with Crippen LogP contribution in [-0.4, -0.2) is 15.0 Å². The number of hydrogen-bond donors (Lipinski definition) is 0. The van der Waals surface area contributed by atoms with Gasteiger partial charge in [0.05, 0.1) is 5.70 Å². The monoisotopic (exact) mass is 187 g/mol. The maximum Gasteiger partial charge on any atom is 0.113 e. The molecule has 0 aliphatic heterocycles. The van der Waals surface area contributed by atoms with Crippen LogP contribution in [0.15, 0.2) is 18.7 Å². The van der Waals surface area contributed by atoms with E-state index in [9.17, 15) is 0 Å². The molecule has 3 heteroatoms. The van der Waals surface area contributed by atoms with Crippen molar-refractivity contribution in [2.75, 3.05) is 0 Å². The Bertz CT molecular complexity index is 392. The number of aromatic nitrogens is 3. The lowest BCUT2D eigenvalue weighted by Gasteiger charge is -1.94. The lowest BCUT2D eigenvalue weighted by Crippen LogP contribution is -1.97. The van der Waals surface area contributed by atoms with Gasteiger partial charge in [0.15, 0.2) is 0 Å². The number of rotatable bonds is 1. The average Bonchev–Trinajstić information content (AvgIpc) is 2.48. The molecule has 0 fully saturated rings. The van der Waals surface area contributed by atoms with Crippen molar-refractivity contribution in [2.24, 2.45) is 5.92 Å². The molecular weight excluding hydrogens is 174 g/mol. The third-order valence-electron chi connectivity index (χ3n) is 2.12. The molecule has 0 unspecified atom stereocenters. The molecule has 0 saturated carbocycles. The first-order valence-electron chi connectivity index (χ1n) is 4.66. The second-order valence-corrected chi connectivity index (χ2v) is 3.57. The Balaban J connectivity index is 2.46. The number of fused-ring (bicyclic) bond motifs is 1. The zero-order valence-corrected chi connectivity index (χ0v) is 8.44. The van der Waals surface area contributed by atoms with Gasteiger partial charge in [0.1, 0.15) is 11.4 Å². The summed E-state index contributed by atoms with van der Waals surface area (Å²) in [6, 6.07) is 0. The Hall–Kier alpha value is -1.64. The summed E-state index contributed by atoms with van der Waals surface area (Å²) in [5.41, 5.74) is 2.65. The summed E-state index contributed by atoms with van der Waals surface area (Å²) < 4.78 is 0. The van der Waals surface area contributed by atoms with Crippen molar-refractivity contribution in [3.63, 3.8) is 0 Å². The van der Waals surface area contributed by atoms with Crippen LogP contribution in [0, 0.1) is 5.92 Å². The Kier molecular flexibility index (Phi) is 2.08. The predicted molar refractivity (Wildman–Crippen MR) is 58.3 cm³/mol. The van der Waals surface area contributed by atoms with E-state index < -0.39 is 0 Å². The summed E-state index contributed by atoms with van der Waals surface area (Å²) in [4.78, 5) is 1.56. The van der Waals surface area contributed by atoms with Crippen molar-refractivity contribution in [3.8, 4) is 0 Å². The fourth-order valence-corrected chi connectivity index (χ4v) is 1.29. The van der Waals surface area contributed by atoms with E-state index in [4.69, 9.17) is 0 Å². The van der Waals surface area contributed by atoms with Crippen molar-refractivity contribution < 1.29 is 0 Å². The molecule has 1 aliphatic rings. The van der Waals surface area contributed by atoms with Gasteiger partial charge in [-0.1, -0.05) is 25.7 Å². The van der Waals surface area contributed by atoms with Crippen LogP contribution in [0.5, 0.6) is 0 Å². The number of nitrogens with zero attached hydrogens (tertiary/aromatic N) is 3. The molecule has 0 saturated heterocycles. The van der Waals surface area contributed by atoms with Gasteiger partial charge < -0.3 is 0 Å². The maximum atomic E-state index is 4.31. The van der Waals surface area contributed by atoms with Crippen molar-refractivity contribution in [1.29, 1.82) is 0 Å². The number of hydrogen-bond acceptors (Lipinski definition) is 2. The zero-order chi connectivity index (χ0) is 10.1. The van der Waals surface area contributed by atoms with Crippen molar-refractivity contribution in [2.45, 2.75) is 13.8 Å². The molecule has 0 spiro atoms. The second kappa shape index (κ2) is 3.25. The molecule has 1 aromatic rings. The average molecular weight is 187 g/mol. The molecule has 0 bridgehead atoms. The molecule has 0 atom stereocenters. The summed E-state index contributed by atoms with van der Waals surface area (Å²) in [7, 11) is 0. The van der Waals surface area contributed by atoms with Gasteiger partial charge in [0, 0.05) is 0 Å². The summed E-state index contributed by atoms with van der Waals surface area (Å²) in [6.07, 6.45) is 8.23. The maximum absolute atomic E-state index is 4.31. The fourth-order valence-electron chi connectivity index (χ4n) is 1.29. The molecule has 14 heavy (non-hydrogen) atoms. The van der Waals surface area contributed by atoms with E-state index >= 15 is 0 Å².